The quantitative estimate of drug-likeness (QED) is 0.0805. The van der Waals surface area contributed by atoms with Gasteiger partial charge in [0.15, 0.2) is 0 Å². The van der Waals surface area contributed by atoms with E-state index in [1.807, 2.05) is 189 Å². The first-order valence-corrected chi connectivity index (χ1v) is 46.3. The summed E-state index contributed by atoms with van der Waals surface area (Å²) >= 11 is 0. The van der Waals surface area contributed by atoms with Crippen molar-refractivity contribution in [3.63, 3.8) is 0 Å². The Kier molecular flexibility index (Phi) is 62.6. The van der Waals surface area contributed by atoms with E-state index in [1.165, 1.54) is 134 Å². The summed E-state index contributed by atoms with van der Waals surface area (Å²) in [5.41, 5.74) is 2.02. The minimum Gasteiger partial charge on any atom is -0.388 e. The number of allylic oxidation sites excluding steroid dienone is 4. The molecule has 0 atom stereocenters. The third-order valence-corrected chi connectivity index (χ3v) is 24.9. The maximum atomic E-state index is 12.0. The number of benzene rings is 6. The molecule has 4 fully saturated rings. The molecule has 6 aromatic carbocycles. The van der Waals surface area contributed by atoms with Crippen LogP contribution < -0.4 is 25.9 Å². The zero-order chi connectivity index (χ0) is 76.9. The Morgan fingerprint density at radius 2 is 0.471 bits per heavy atom. The average Bonchev–Trinajstić information content (AvgIpc) is 0.877. The lowest BCUT2D eigenvalue weighted by Gasteiger charge is -2.24. The predicted molar refractivity (Wildman–Crippen MR) is 460 cm³/mol. The first-order valence-electron chi connectivity index (χ1n) is 39.6. The van der Waals surface area contributed by atoms with Crippen LogP contribution in [0.5, 0.6) is 0 Å². The second-order valence-corrected chi connectivity index (χ2v) is 37.8. The third-order valence-electron chi connectivity index (χ3n) is 18.6. The fourth-order valence-electron chi connectivity index (χ4n) is 11.1. The molecule has 0 bridgehead atoms. The van der Waals surface area contributed by atoms with Crippen LogP contribution in [0.1, 0.15) is 251 Å². The summed E-state index contributed by atoms with van der Waals surface area (Å²) < 4.78 is 45.9. The molecule has 0 N–H and O–H groups in total. The van der Waals surface area contributed by atoms with Crippen LogP contribution in [-0.4, -0.2) is 34.7 Å². The second-order valence-electron chi connectivity index (χ2n) is 30.4. The average molecular weight is 1450 g/mol. The summed E-state index contributed by atoms with van der Waals surface area (Å²) in [5, 5.41) is 4.64. The van der Waals surface area contributed by atoms with E-state index in [-0.39, 0.29) is 0 Å². The van der Waals surface area contributed by atoms with Gasteiger partial charge in [0.25, 0.3) is 8.68 Å². The minimum atomic E-state index is -1.79. The fourth-order valence-corrected chi connectivity index (χ4v) is 15.6. The van der Waals surface area contributed by atoms with Gasteiger partial charge in [0.2, 0.25) is 0 Å². The van der Waals surface area contributed by atoms with E-state index in [1.54, 1.807) is 6.55 Å². The number of rotatable bonds is 14. The lowest BCUT2D eigenvalue weighted by Crippen LogP contribution is -2.33. The van der Waals surface area contributed by atoms with E-state index in [9.17, 15) is 17.8 Å². The van der Waals surface area contributed by atoms with E-state index in [0.29, 0.717) is 35.1 Å². The van der Waals surface area contributed by atoms with Gasteiger partial charge in [-0.15, -0.1) is 26.3 Å². The normalized spacial score (nSPS) is 14.1. The van der Waals surface area contributed by atoms with Crippen molar-refractivity contribution in [1.82, 2.24) is 0 Å². The van der Waals surface area contributed by atoms with E-state index >= 15 is 0 Å². The van der Waals surface area contributed by atoms with Gasteiger partial charge in [0.1, 0.15) is 0 Å². The molecule has 4 aliphatic carbocycles. The molecule has 102 heavy (non-hydrogen) atoms. The van der Waals surface area contributed by atoms with Crippen LogP contribution in [-0.2, 0) is 17.8 Å². The molecule has 0 unspecified atom stereocenters. The van der Waals surface area contributed by atoms with Crippen LogP contribution in [0.15, 0.2) is 233 Å². The molecule has 0 radical (unpaired) electrons. The summed E-state index contributed by atoms with van der Waals surface area (Å²) in [4.78, 5) is 0. The Bertz CT molecular complexity index is 2680. The molecule has 0 spiro atoms. The highest BCUT2D eigenvalue weighted by molar-refractivity contribution is 6.73. The second kappa shape index (κ2) is 64.9. The first kappa shape index (κ1) is 98.4. The Morgan fingerprint density at radius 1 is 0.284 bits per heavy atom. The molecular formula is C94H148O4Si4. The Morgan fingerprint density at radius 3 is 0.598 bits per heavy atom. The van der Waals surface area contributed by atoms with E-state index in [2.05, 4.69) is 161 Å². The van der Waals surface area contributed by atoms with Crippen molar-refractivity contribution in [2.75, 3.05) is 0 Å². The van der Waals surface area contributed by atoms with Gasteiger partial charge in [-0.25, -0.2) is 0 Å². The fraction of sp³-hybridized carbons (Fsp3) is 0.532. The summed E-state index contributed by atoms with van der Waals surface area (Å²) in [6.07, 6.45) is 36.5. The van der Waals surface area contributed by atoms with Crippen molar-refractivity contribution < 1.29 is 17.8 Å². The molecule has 10 rings (SSSR count). The molecule has 0 amide bonds. The molecule has 8 heteroatoms. The summed E-state index contributed by atoms with van der Waals surface area (Å²) in [7, 11) is -6.24. The lowest BCUT2D eigenvalue weighted by molar-refractivity contribution is 0.279. The topological polar surface area (TPSA) is 68.3 Å². The first-order chi connectivity index (χ1) is 48.7. The molecule has 564 valence electrons. The van der Waals surface area contributed by atoms with Crippen LogP contribution in [0.4, 0.5) is 0 Å². The van der Waals surface area contributed by atoms with Crippen LogP contribution in [0, 0.1) is 59.2 Å². The highest BCUT2D eigenvalue weighted by Gasteiger charge is 2.20. The molecular weight excluding hydrogens is 1310 g/mol. The highest BCUT2D eigenvalue weighted by Crippen LogP contribution is 2.31. The Hall–Kier alpha value is -5.65. The molecule has 0 heterocycles. The van der Waals surface area contributed by atoms with Gasteiger partial charge in [-0.1, -0.05) is 433 Å². The van der Waals surface area contributed by atoms with Crippen molar-refractivity contribution in [3.05, 3.63) is 238 Å². The SMILES string of the molecule is C=CC(C)C.C=CC(C)C.C=CC(C)C.C=CC(C)C.CC(C)C1CCCCC1.CC(C)C1CCCCC1.CC(C)C1CCCCC1.CC(C)c1ccccc1.C[Si](=O)C1CCCCC1.C[Si](=O)c1ccccc1.O=[Si](c1ccccc1)c1ccccc1.O=[Si](c1ccccc1)c1ccccc1. The maximum absolute atomic E-state index is 12.0. The van der Waals surface area contributed by atoms with Gasteiger partial charge in [0, 0.05) is 26.3 Å². The minimum absolute atomic E-state index is 0.601. The molecule has 0 aromatic heterocycles. The van der Waals surface area contributed by atoms with Gasteiger partial charge in [-0.05, 0) is 102 Å². The molecule has 4 saturated carbocycles. The van der Waals surface area contributed by atoms with E-state index < -0.39 is 34.7 Å². The van der Waals surface area contributed by atoms with Gasteiger partial charge in [0.05, 0.1) is 0 Å². The number of hydrogen-bond donors (Lipinski definition) is 0. The van der Waals surface area contributed by atoms with Crippen LogP contribution >= 0.6 is 0 Å². The van der Waals surface area contributed by atoms with Crippen LogP contribution in [0.3, 0.4) is 0 Å². The van der Waals surface area contributed by atoms with Gasteiger partial charge < -0.3 is 17.8 Å². The molecule has 0 aliphatic heterocycles. The van der Waals surface area contributed by atoms with Crippen LogP contribution in [0.2, 0.25) is 18.6 Å². The highest BCUT2D eigenvalue weighted by atomic mass is 28.3. The van der Waals surface area contributed by atoms with Gasteiger partial charge in [-0.3, -0.25) is 0 Å². The molecule has 6 aromatic rings. The molecule has 4 nitrogen and oxygen atoms in total. The molecule has 4 aliphatic rings. The van der Waals surface area contributed by atoms with Crippen LogP contribution in [0.25, 0.3) is 0 Å². The maximum Gasteiger partial charge on any atom is 0.346 e. The van der Waals surface area contributed by atoms with Gasteiger partial charge in [-0.2, -0.15) is 0 Å². The van der Waals surface area contributed by atoms with E-state index in [4.69, 9.17) is 0 Å². The van der Waals surface area contributed by atoms with Crippen molar-refractivity contribution in [1.29, 1.82) is 0 Å². The summed E-state index contributed by atoms with van der Waals surface area (Å²) in [5.74, 6) is 9.22. The Balaban J connectivity index is 0. The standard InChI is InChI=1S/2C12H10OSi.3C9H18.C9H12.C7H14OSi.C7H8OSi.4C5H10/c2*13-14(11-7-3-1-4-8-11)12-9-5-2-6-10-12;4*1-8(2)9-6-4-3-5-7-9;2*1-9(8)7-5-3-2-4-6-7;4*1-4-5(2)3/h2*1-10H;3*8-9H,3-7H2,1-2H3;3-8H,1-2H3;7H,2-6H2,1H3;2-6H,1H3;4*4-5H,1H2,2-3H3. The lowest BCUT2D eigenvalue weighted by atomic mass is 9.82. The third kappa shape index (κ3) is 54.9. The van der Waals surface area contributed by atoms with Crippen molar-refractivity contribution >= 4 is 60.7 Å². The summed E-state index contributed by atoms with van der Waals surface area (Å²) in [6, 6.07) is 58.4. The van der Waals surface area contributed by atoms with E-state index in [0.717, 1.165) is 61.4 Å². The monoisotopic (exact) mass is 1450 g/mol. The van der Waals surface area contributed by atoms with Crippen molar-refractivity contribution in [2.45, 2.75) is 264 Å². The predicted octanol–water partition coefficient (Wildman–Crippen LogP) is 25.6. The van der Waals surface area contributed by atoms with Crippen molar-refractivity contribution in [3.8, 4) is 0 Å². The number of hydrogen-bond acceptors (Lipinski definition) is 4. The zero-order valence-electron chi connectivity index (χ0n) is 68.2. The Labute approximate surface area is 635 Å². The smallest absolute Gasteiger partial charge is 0.346 e. The van der Waals surface area contributed by atoms with Gasteiger partial charge >= 0.3 is 26.0 Å². The van der Waals surface area contributed by atoms with Crippen molar-refractivity contribution in [2.24, 2.45) is 59.2 Å². The zero-order valence-corrected chi connectivity index (χ0v) is 72.2. The largest absolute Gasteiger partial charge is 0.388 e. The summed E-state index contributed by atoms with van der Waals surface area (Å²) in [6.45, 7) is 53.3. The molecule has 0 saturated heterocycles.